The van der Waals surface area contributed by atoms with Gasteiger partial charge in [0.25, 0.3) is 0 Å². The summed E-state index contributed by atoms with van der Waals surface area (Å²) in [6, 6.07) is 0.543. The average Bonchev–Trinajstić information content (AvgIpc) is 3.16. The highest BCUT2D eigenvalue weighted by atomic mass is 16.2. The Morgan fingerprint density at radius 2 is 1.86 bits per heavy atom. The molecule has 2 saturated heterocycles. The maximum absolute atomic E-state index is 12.6. The van der Waals surface area contributed by atoms with Gasteiger partial charge in [0.05, 0.1) is 5.92 Å². The first-order valence-corrected chi connectivity index (χ1v) is 7.98. The second-order valence-corrected chi connectivity index (χ2v) is 6.51. The maximum atomic E-state index is 12.6. The number of likely N-dealkylation sites (tertiary alicyclic amines) is 2. The van der Waals surface area contributed by atoms with E-state index in [4.69, 9.17) is 0 Å². The van der Waals surface area contributed by atoms with Crippen molar-refractivity contribution in [2.45, 2.75) is 45.2 Å². The van der Waals surface area contributed by atoms with E-state index in [1.165, 1.54) is 0 Å². The summed E-state index contributed by atoms with van der Waals surface area (Å²) in [6.45, 7) is 6.05. The molecular formula is C15H23N5O2. The molecule has 0 aromatic carbocycles. The fourth-order valence-corrected chi connectivity index (χ4v) is 3.44. The highest BCUT2D eigenvalue weighted by Gasteiger charge is 2.38. The molecule has 0 bridgehead atoms. The molecule has 120 valence electrons. The molecule has 0 N–H and O–H groups in total. The van der Waals surface area contributed by atoms with E-state index in [1.807, 2.05) is 28.2 Å². The number of piperidine rings is 1. The maximum Gasteiger partial charge on any atom is 0.227 e. The van der Waals surface area contributed by atoms with Gasteiger partial charge in [-0.1, -0.05) is 0 Å². The van der Waals surface area contributed by atoms with Crippen molar-refractivity contribution in [3.05, 3.63) is 12.7 Å². The molecule has 0 saturated carbocycles. The molecule has 0 aliphatic carbocycles. The van der Waals surface area contributed by atoms with Crippen molar-refractivity contribution in [3.8, 4) is 0 Å². The highest BCUT2D eigenvalue weighted by molar-refractivity contribution is 5.89. The van der Waals surface area contributed by atoms with E-state index in [0.717, 1.165) is 25.9 Å². The lowest BCUT2D eigenvalue weighted by Gasteiger charge is -2.33. The fourth-order valence-electron chi connectivity index (χ4n) is 3.44. The summed E-state index contributed by atoms with van der Waals surface area (Å²) in [6.07, 6.45) is 5.66. The van der Waals surface area contributed by atoms with Gasteiger partial charge in [-0.3, -0.25) is 9.59 Å². The molecule has 22 heavy (non-hydrogen) atoms. The van der Waals surface area contributed by atoms with Crippen LogP contribution in [-0.2, 0) is 9.59 Å². The smallest absolute Gasteiger partial charge is 0.227 e. The van der Waals surface area contributed by atoms with Crippen LogP contribution in [0.5, 0.6) is 0 Å². The zero-order valence-corrected chi connectivity index (χ0v) is 13.2. The molecule has 2 amide bonds. The lowest BCUT2D eigenvalue weighted by Crippen LogP contribution is -2.43. The third-order valence-electron chi connectivity index (χ3n) is 4.77. The summed E-state index contributed by atoms with van der Waals surface area (Å²) in [7, 11) is 0. The fraction of sp³-hybridized carbons (Fsp3) is 0.733. The van der Waals surface area contributed by atoms with Gasteiger partial charge in [0, 0.05) is 38.1 Å². The van der Waals surface area contributed by atoms with Crippen molar-refractivity contribution in [2.24, 2.45) is 5.92 Å². The van der Waals surface area contributed by atoms with Crippen LogP contribution in [-0.4, -0.2) is 62.1 Å². The lowest BCUT2D eigenvalue weighted by molar-refractivity contribution is -0.137. The standard InChI is InChI=1S/C15H23N5O2/c1-11(2)20-8-12(7-14(20)21)15(22)18-5-3-13(4-6-18)19-9-16-17-10-19/h9-13H,3-8H2,1-2H3/t12-/m0/s1. The van der Waals surface area contributed by atoms with Gasteiger partial charge in [0.1, 0.15) is 12.7 Å². The first kappa shape index (κ1) is 15.0. The molecule has 3 rings (SSSR count). The van der Waals surface area contributed by atoms with Gasteiger partial charge in [-0.05, 0) is 26.7 Å². The number of rotatable bonds is 3. The summed E-state index contributed by atoms with van der Waals surface area (Å²) in [4.78, 5) is 28.3. The van der Waals surface area contributed by atoms with Crippen molar-refractivity contribution >= 4 is 11.8 Å². The van der Waals surface area contributed by atoms with Crippen LogP contribution in [0.2, 0.25) is 0 Å². The first-order valence-electron chi connectivity index (χ1n) is 7.98. The number of amides is 2. The Hall–Kier alpha value is -1.92. The summed E-state index contributed by atoms with van der Waals surface area (Å²) >= 11 is 0. The second-order valence-electron chi connectivity index (χ2n) is 6.51. The molecule has 2 aliphatic heterocycles. The van der Waals surface area contributed by atoms with Gasteiger partial charge >= 0.3 is 0 Å². The second kappa shape index (κ2) is 6.06. The van der Waals surface area contributed by atoms with Crippen LogP contribution >= 0.6 is 0 Å². The van der Waals surface area contributed by atoms with Crippen molar-refractivity contribution in [2.75, 3.05) is 19.6 Å². The summed E-state index contributed by atoms with van der Waals surface area (Å²) < 4.78 is 2.02. The Morgan fingerprint density at radius 3 is 2.41 bits per heavy atom. The van der Waals surface area contributed by atoms with E-state index in [-0.39, 0.29) is 23.8 Å². The molecule has 1 aromatic heterocycles. The van der Waals surface area contributed by atoms with Crippen LogP contribution < -0.4 is 0 Å². The number of aromatic nitrogens is 3. The van der Waals surface area contributed by atoms with E-state index in [2.05, 4.69) is 10.2 Å². The highest BCUT2D eigenvalue weighted by Crippen LogP contribution is 2.26. The minimum absolute atomic E-state index is 0.104. The molecule has 2 aliphatic rings. The molecule has 0 spiro atoms. The number of carbonyl (C=O) groups excluding carboxylic acids is 2. The van der Waals surface area contributed by atoms with Gasteiger partial charge < -0.3 is 14.4 Å². The Kier molecular flexibility index (Phi) is 4.13. The molecule has 0 unspecified atom stereocenters. The predicted molar refractivity (Wildman–Crippen MR) is 79.8 cm³/mol. The van der Waals surface area contributed by atoms with E-state index in [1.54, 1.807) is 12.7 Å². The van der Waals surface area contributed by atoms with Crippen LogP contribution in [0, 0.1) is 5.92 Å². The number of nitrogens with zero attached hydrogens (tertiary/aromatic N) is 5. The Bertz CT molecular complexity index is 534. The summed E-state index contributed by atoms with van der Waals surface area (Å²) in [5, 5.41) is 7.67. The SMILES string of the molecule is CC(C)N1C[C@@H](C(=O)N2CCC(n3cnnc3)CC2)CC1=O. The third-order valence-corrected chi connectivity index (χ3v) is 4.77. The Morgan fingerprint density at radius 1 is 1.23 bits per heavy atom. The van der Waals surface area contributed by atoms with Crippen LogP contribution in [0.1, 0.15) is 39.2 Å². The number of hydrogen-bond donors (Lipinski definition) is 0. The van der Waals surface area contributed by atoms with Gasteiger partial charge in [-0.2, -0.15) is 0 Å². The van der Waals surface area contributed by atoms with Gasteiger partial charge in [0.2, 0.25) is 11.8 Å². The topological polar surface area (TPSA) is 71.3 Å². The molecule has 7 heteroatoms. The van der Waals surface area contributed by atoms with Gasteiger partial charge in [0.15, 0.2) is 0 Å². The Balaban J connectivity index is 1.55. The van der Waals surface area contributed by atoms with Crippen molar-refractivity contribution < 1.29 is 9.59 Å². The Labute approximate surface area is 130 Å². The van der Waals surface area contributed by atoms with E-state index in [0.29, 0.717) is 19.0 Å². The molecule has 3 heterocycles. The number of hydrogen-bond acceptors (Lipinski definition) is 4. The monoisotopic (exact) mass is 305 g/mol. The lowest BCUT2D eigenvalue weighted by atomic mass is 10.0. The van der Waals surface area contributed by atoms with Crippen molar-refractivity contribution in [1.29, 1.82) is 0 Å². The summed E-state index contributed by atoms with van der Waals surface area (Å²) in [5.74, 6) is 0.0767. The van der Waals surface area contributed by atoms with E-state index < -0.39 is 0 Å². The molecular weight excluding hydrogens is 282 g/mol. The normalized spacial score (nSPS) is 23.6. The summed E-state index contributed by atoms with van der Waals surface area (Å²) in [5.41, 5.74) is 0. The molecule has 0 radical (unpaired) electrons. The van der Waals surface area contributed by atoms with E-state index in [9.17, 15) is 9.59 Å². The third kappa shape index (κ3) is 2.84. The van der Waals surface area contributed by atoms with Crippen molar-refractivity contribution in [1.82, 2.24) is 24.6 Å². The first-order chi connectivity index (χ1) is 10.6. The number of carbonyl (C=O) groups is 2. The van der Waals surface area contributed by atoms with Gasteiger partial charge in [-0.15, -0.1) is 10.2 Å². The van der Waals surface area contributed by atoms with Crippen molar-refractivity contribution in [3.63, 3.8) is 0 Å². The van der Waals surface area contributed by atoms with Crippen LogP contribution in [0.4, 0.5) is 0 Å². The largest absolute Gasteiger partial charge is 0.342 e. The molecule has 1 aromatic rings. The zero-order valence-electron chi connectivity index (χ0n) is 13.2. The average molecular weight is 305 g/mol. The quantitative estimate of drug-likeness (QED) is 0.824. The minimum Gasteiger partial charge on any atom is -0.342 e. The van der Waals surface area contributed by atoms with Crippen LogP contribution in [0.25, 0.3) is 0 Å². The minimum atomic E-state index is -0.165. The molecule has 7 nitrogen and oxygen atoms in total. The van der Waals surface area contributed by atoms with E-state index >= 15 is 0 Å². The van der Waals surface area contributed by atoms with Gasteiger partial charge in [-0.25, -0.2) is 0 Å². The van der Waals surface area contributed by atoms with Crippen LogP contribution in [0.3, 0.4) is 0 Å². The van der Waals surface area contributed by atoms with Crippen LogP contribution in [0.15, 0.2) is 12.7 Å². The zero-order chi connectivity index (χ0) is 15.7. The molecule has 2 fully saturated rings. The predicted octanol–water partition coefficient (Wildman–Crippen LogP) is 0.698. The molecule has 1 atom stereocenters.